The van der Waals surface area contributed by atoms with E-state index in [4.69, 9.17) is 4.74 Å². The molecule has 0 atom stereocenters. The Hall–Kier alpha value is -1.59. The van der Waals surface area contributed by atoms with E-state index in [9.17, 15) is 9.90 Å². The fraction of sp³-hybridized carbons (Fsp3) is 0.588. The molecule has 0 spiro atoms. The van der Waals surface area contributed by atoms with Crippen molar-refractivity contribution < 1.29 is 14.6 Å². The van der Waals surface area contributed by atoms with Gasteiger partial charge in [-0.2, -0.15) is 0 Å². The fourth-order valence-corrected chi connectivity index (χ4v) is 2.36. The molecule has 0 aliphatic carbocycles. The molecule has 5 heteroatoms. The molecular formula is C17H26N2O3. The molecule has 1 heterocycles. The minimum absolute atomic E-state index is 0.165. The van der Waals surface area contributed by atoms with Crippen LogP contribution in [0.15, 0.2) is 24.3 Å². The summed E-state index contributed by atoms with van der Waals surface area (Å²) in [5.41, 5.74) is 1.81. The number of aliphatic hydroxyl groups excluding tert-OH is 1. The molecule has 1 amide bonds. The lowest BCUT2D eigenvalue weighted by molar-refractivity contribution is -0.00286. The highest BCUT2D eigenvalue weighted by Crippen LogP contribution is 2.15. The Labute approximate surface area is 132 Å². The minimum Gasteiger partial charge on any atom is -0.444 e. The number of likely N-dealkylation sites (tertiary alicyclic amines) is 1. The van der Waals surface area contributed by atoms with Gasteiger partial charge >= 0.3 is 6.09 Å². The lowest BCUT2D eigenvalue weighted by atomic mass is 10.1. The van der Waals surface area contributed by atoms with Crippen LogP contribution in [-0.2, 0) is 17.8 Å². The van der Waals surface area contributed by atoms with Gasteiger partial charge in [0.1, 0.15) is 5.60 Å². The van der Waals surface area contributed by atoms with E-state index in [0.29, 0.717) is 6.54 Å². The molecule has 22 heavy (non-hydrogen) atoms. The van der Waals surface area contributed by atoms with Gasteiger partial charge < -0.3 is 14.7 Å². The van der Waals surface area contributed by atoms with Crippen molar-refractivity contribution in [2.75, 3.05) is 20.1 Å². The SMILES string of the molecule is CN(Cc1ccc(CN2CC(O)C2)cc1)C(=O)OC(C)(C)C. The molecule has 1 saturated heterocycles. The third-order valence-electron chi connectivity index (χ3n) is 3.49. The van der Waals surface area contributed by atoms with Gasteiger partial charge in [0.15, 0.2) is 0 Å². The number of ether oxygens (including phenoxy) is 1. The van der Waals surface area contributed by atoms with Gasteiger partial charge in [0.05, 0.1) is 6.10 Å². The van der Waals surface area contributed by atoms with Crippen LogP contribution >= 0.6 is 0 Å². The van der Waals surface area contributed by atoms with Crippen LogP contribution in [0.25, 0.3) is 0 Å². The molecule has 2 rings (SSSR count). The molecule has 1 aliphatic rings. The summed E-state index contributed by atoms with van der Waals surface area (Å²) in [6.07, 6.45) is -0.479. The second-order valence-corrected chi connectivity index (χ2v) is 7.00. The first-order chi connectivity index (χ1) is 10.2. The van der Waals surface area contributed by atoms with Gasteiger partial charge in [0.2, 0.25) is 0 Å². The highest BCUT2D eigenvalue weighted by molar-refractivity contribution is 5.67. The molecule has 5 nitrogen and oxygen atoms in total. The summed E-state index contributed by atoms with van der Waals surface area (Å²) in [7, 11) is 1.74. The standard InChI is InChI=1S/C17H26N2O3/c1-17(2,3)22-16(21)18(4)9-13-5-7-14(8-6-13)10-19-11-15(20)12-19/h5-8,15,20H,9-12H2,1-4H3. The van der Waals surface area contributed by atoms with Crippen LogP contribution in [0.1, 0.15) is 31.9 Å². The van der Waals surface area contributed by atoms with Gasteiger partial charge in [-0.3, -0.25) is 4.90 Å². The molecule has 0 unspecified atom stereocenters. The van der Waals surface area contributed by atoms with Crippen molar-refractivity contribution in [3.05, 3.63) is 35.4 Å². The van der Waals surface area contributed by atoms with Crippen LogP contribution in [0.5, 0.6) is 0 Å². The number of hydrogen-bond donors (Lipinski definition) is 1. The lowest BCUT2D eigenvalue weighted by Crippen LogP contribution is -2.49. The number of aliphatic hydroxyl groups is 1. The first-order valence-corrected chi connectivity index (χ1v) is 7.65. The highest BCUT2D eigenvalue weighted by atomic mass is 16.6. The van der Waals surface area contributed by atoms with E-state index in [1.807, 2.05) is 32.9 Å². The van der Waals surface area contributed by atoms with Gasteiger partial charge in [0, 0.05) is 33.2 Å². The molecule has 0 aromatic heterocycles. The van der Waals surface area contributed by atoms with Crippen LogP contribution < -0.4 is 0 Å². The van der Waals surface area contributed by atoms with Crippen molar-refractivity contribution in [3.8, 4) is 0 Å². The highest BCUT2D eigenvalue weighted by Gasteiger charge is 2.24. The Bertz CT molecular complexity index is 502. The second-order valence-electron chi connectivity index (χ2n) is 7.00. The molecule has 1 fully saturated rings. The van der Waals surface area contributed by atoms with E-state index in [2.05, 4.69) is 17.0 Å². The zero-order chi connectivity index (χ0) is 16.3. The van der Waals surface area contributed by atoms with E-state index in [1.165, 1.54) is 5.56 Å². The van der Waals surface area contributed by atoms with Crippen LogP contribution in [0.3, 0.4) is 0 Å². The Morgan fingerprint density at radius 2 is 1.82 bits per heavy atom. The van der Waals surface area contributed by atoms with E-state index in [-0.39, 0.29) is 12.2 Å². The number of carbonyl (C=O) groups excluding carboxylic acids is 1. The number of nitrogens with zero attached hydrogens (tertiary/aromatic N) is 2. The molecule has 1 aliphatic heterocycles. The Morgan fingerprint density at radius 3 is 2.32 bits per heavy atom. The number of β-amino-alcohol motifs (C(OH)–C–C–N with tert-alkyl or cyclic N) is 1. The van der Waals surface area contributed by atoms with Gasteiger partial charge in [-0.05, 0) is 31.9 Å². The van der Waals surface area contributed by atoms with Crippen molar-refractivity contribution in [3.63, 3.8) is 0 Å². The normalized spacial score (nSPS) is 16.2. The molecule has 1 aromatic carbocycles. The monoisotopic (exact) mass is 306 g/mol. The van der Waals surface area contributed by atoms with E-state index >= 15 is 0 Å². The summed E-state index contributed by atoms with van der Waals surface area (Å²) in [5, 5.41) is 9.28. The van der Waals surface area contributed by atoms with Gasteiger partial charge in [-0.25, -0.2) is 4.79 Å². The molecule has 0 saturated carbocycles. The van der Waals surface area contributed by atoms with Crippen molar-refractivity contribution in [2.24, 2.45) is 0 Å². The zero-order valence-electron chi connectivity index (χ0n) is 13.9. The predicted octanol–water partition coefficient (Wildman–Crippen LogP) is 2.23. The summed E-state index contributed by atoms with van der Waals surface area (Å²) in [6.45, 7) is 8.48. The van der Waals surface area contributed by atoms with Crippen LogP contribution in [0.4, 0.5) is 4.79 Å². The Morgan fingerprint density at radius 1 is 1.27 bits per heavy atom. The first kappa shape index (κ1) is 16.8. The van der Waals surface area contributed by atoms with Gasteiger partial charge in [0.25, 0.3) is 0 Å². The Balaban J connectivity index is 1.84. The fourth-order valence-electron chi connectivity index (χ4n) is 2.36. The number of hydrogen-bond acceptors (Lipinski definition) is 4. The smallest absolute Gasteiger partial charge is 0.410 e. The molecule has 0 radical (unpaired) electrons. The summed E-state index contributed by atoms with van der Waals surface area (Å²) in [4.78, 5) is 15.7. The molecule has 1 N–H and O–H groups in total. The lowest BCUT2D eigenvalue weighted by Gasteiger charge is -2.35. The maximum atomic E-state index is 11.9. The number of carbonyl (C=O) groups is 1. The summed E-state index contributed by atoms with van der Waals surface area (Å²) >= 11 is 0. The van der Waals surface area contributed by atoms with Crippen molar-refractivity contribution in [2.45, 2.75) is 45.6 Å². The number of amides is 1. The summed E-state index contributed by atoms with van der Waals surface area (Å²) in [6, 6.07) is 8.21. The van der Waals surface area contributed by atoms with Crippen LogP contribution in [-0.4, -0.2) is 52.8 Å². The summed E-state index contributed by atoms with van der Waals surface area (Å²) in [5.74, 6) is 0. The van der Waals surface area contributed by atoms with Crippen LogP contribution in [0, 0.1) is 0 Å². The first-order valence-electron chi connectivity index (χ1n) is 7.65. The molecule has 1 aromatic rings. The largest absolute Gasteiger partial charge is 0.444 e. The molecule has 122 valence electrons. The van der Waals surface area contributed by atoms with Crippen molar-refractivity contribution in [1.82, 2.24) is 9.80 Å². The topological polar surface area (TPSA) is 53.0 Å². The minimum atomic E-state index is -0.475. The Kier molecular flexibility index (Phi) is 5.08. The maximum absolute atomic E-state index is 11.9. The molecular weight excluding hydrogens is 280 g/mol. The average Bonchev–Trinajstić information content (AvgIpc) is 2.37. The molecule has 0 bridgehead atoms. The van der Waals surface area contributed by atoms with E-state index < -0.39 is 5.60 Å². The number of benzene rings is 1. The average molecular weight is 306 g/mol. The van der Waals surface area contributed by atoms with Crippen molar-refractivity contribution in [1.29, 1.82) is 0 Å². The van der Waals surface area contributed by atoms with E-state index in [0.717, 1.165) is 25.2 Å². The van der Waals surface area contributed by atoms with E-state index in [1.54, 1.807) is 11.9 Å². The van der Waals surface area contributed by atoms with Gasteiger partial charge in [-0.1, -0.05) is 24.3 Å². The van der Waals surface area contributed by atoms with Gasteiger partial charge in [-0.15, -0.1) is 0 Å². The third-order valence-corrected chi connectivity index (χ3v) is 3.49. The van der Waals surface area contributed by atoms with Crippen molar-refractivity contribution >= 4 is 6.09 Å². The predicted molar refractivity (Wildman–Crippen MR) is 85.4 cm³/mol. The number of rotatable bonds is 4. The zero-order valence-corrected chi connectivity index (χ0v) is 13.9. The third kappa shape index (κ3) is 5.00. The maximum Gasteiger partial charge on any atom is 0.410 e. The second kappa shape index (κ2) is 6.67. The van der Waals surface area contributed by atoms with Crippen LogP contribution in [0.2, 0.25) is 0 Å². The summed E-state index contributed by atoms with van der Waals surface area (Å²) < 4.78 is 5.34. The quantitative estimate of drug-likeness (QED) is 0.927.